The van der Waals surface area contributed by atoms with Gasteiger partial charge >= 0.3 is 0 Å². The first-order valence-electron chi connectivity index (χ1n) is 11.2. The van der Waals surface area contributed by atoms with E-state index >= 15 is 0 Å². The molecule has 0 fully saturated rings. The number of amides is 1. The van der Waals surface area contributed by atoms with E-state index in [9.17, 15) is 4.79 Å². The number of benzene rings is 3. The highest BCUT2D eigenvalue weighted by molar-refractivity contribution is 5.94. The van der Waals surface area contributed by atoms with Gasteiger partial charge in [-0.1, -0.05) is 60.2 Å². The fourth-order valence-corrected chi connectivity index (χ4v) is 4.08. The SMILES string of the molecule is Cc1ccc(C(=O)N(CCCN)C(C)c2nc3ccccc3n2Cc2ccccc2)cc1. The summed E-state index contributed by atoms with van der Waals surface area (Å²) in [6.07, 6.45) is 0.737. The second kappa shape index (κ2) is 9.79. The Hall–Kier alpha value is -3.44. The molecule has 0 radical (unpaired) electrons. The molecule has 2 N–H and O–H groups in total. The van der Waals surface area contributed by atoms with Crippen LogP contribution in [-0.4, -0.2) is 33.4 Å². The number of carbonyl (C=O) groups is 1. The molecule has 0 saturated carbocycles. The van der Waals surface area contributed by atoms with Crippen molar-refractivity contribution >= 4 is 16.9 Å². The van der Waals surface area contributed by atoms with E-state index in [1.165, 1.54) is 5.56 Å². The van der Waals surface area contributed by atoms with Crippen molar-refractivity contribution in [2.24, 2.45) is 5.73 Å². The van der Waals surface area contributed by atoms with Gasteiger partial charge in [-0.15, -0.1) is 0 Å². The van der Waals surface area contributed by atoms with E-state index in [0.717, 1.165) is 28.8 Å². The molecule has 4 aromatic rings. The first kappa shape index (κ1) is 21.8. The summed E-state index contributed by atoms with van der Waals surface area (Å²) in [6.45, 7) is 5.90. The van der Waals surface area contributed by atoms with E-state index in [-0.39, 0.29) is 11.9 Å². The molecule has 0 aliphatic carbocycles. The van der Waals surface area contributed by atoms with Crippen LogP contribution in [0, 0.1) is 6.92 Å². The first-order valence-corrected chi connectivity index (χ1v) is 11.2. The fraction of sp³-hybridized carbons (Fsp3) is 0.259. The second-order valence-corrected chi connectivity index (χ2v) is 8.21. The smallest absolute Gasteiger partial charge is 0.254 e. The Morgan fingerprint density at radius 1 is 1.00 bits per heavy atom. The van der Waals surface area contributed by atoms with Gasteiger partial charge < -0.3 is 15.2 Å². The third-order valence-corrected chi connectivity index (χ3v) is 5.87. The van der Waals surface area contributed by atoms with Crippen molar-refractivity contribution in [3.8, 4) is 0 Å². The number of nitrogens with zero attached hydrogens (tertiary/aromatic N) is 3. The molecular formula is C27H30N4O. The minimum atomic E-state index is -0.202. The summed E-state index contributed by atoms with van der Waals surface area (Å²) in [4.78, 5) is 20.4. The molecule has 5 heteroatoms. The summed E-state index contributed by atoms with van der Waals surface area (Å²) in [5, 5.41) is 0. The molecule has 0 saturated heterocycles. The van der Waals surface area contributed by atoms with Crippen LogP contribution in [-0.2, 0) is 6.54 Å². The molecule has 1 heterocycles. The number of nitrogens with two attached hydrogens (primary N) is 1. The van der Waals surface area contributed by atoms with Crippen LogP contribution < -0.4 is 5.73 Å². The quantitative estimate of drug-likeness (QED) is 0.434. The second-order valence-electron chi connectivity index (χ2n) is 8.21. The van der Waals surface area contributed by atoms with Crippen LogP contribution in [0.5, 0.6) is 0 Å². The minimum Gasteiger partial charge on any atom is -0.330 e. The van der Waals surface area contributed by atoms with E-state index in [1.807, 2.05) is 72.5 Å². The Morgan fingerprint density at radius 3 is 2.41 bits per heavy atom. The van der Waals surface area contributed by atoms with Gasteiger partial charge in [0, 0.05) is 18.7 Å². The molecule has 0 aliphatic rings. The zero-order valence-electron chi connectivity index (χ0n) is 18.7. The Balaban J connectivity index is 1.75. The summed E-state index contributed by atoms with van der Waals surface area (Å²) < 4.78 is 2.23. The number of aromatic nitrogens is 2. The zero-order valence-corrected chi connectivity index (χ0v) is 18.7. The largest absolute Gasteiger partial charge is 0.330 e. The number of hydrogen-bond donors (Lipinski definition) is 1. The molecule has 1 atom stereocenters. The van der Waals surface area contributed by atoms with E-state index in [1.54, 1.807) is 0 Å². The van der Waals surface area contributed by atoms with Crippen molar-refractivity contribution < 1.29 is 4.79 Å². The summed E-state index contributed by atoms with van der Waals surface area (Å²) in [7, 11) is 0. The van der Waals surface area contributed by atoms with Crippen LogP contribution in [0.4, 0.5) is 0 Å². The maximum atomic E-state index is 13.5. The Morgan fingerprint density at radius 2 is 1.69 bits per heavy atom. The van der Waals surface area contributed by atoms with E-state index < -0.39 is 0 Å². The third-order valence-electron chi connectivity index (χ3n) is 5.87. The molecule has 1 aromatic heterocycles. The maximum Gasteiger partial charge on any atom is 0.254 e. The predicted octanol–water partition coefficient (Wildman–Crippen LogP) is 4.95. The Labute approximate surface area is 189 Å². The van der Waals surface area contributed by atoms with Crippen molar-refractivity contribution in [1.29, 1.82) is 0 Å². The highest BCUT2D eigenvalue weighted by Gasteiger charge is 2.27. The number of aryl methyl sites for hydroxylation is 1. The number of carbonyl (C=O) groups excluding carboxylic acids is 1. The van der Waals surface area contributed by atoms with E-state index in [0.29, 0.717) is 25.2 Å². The van der Waals surface area contributed by atoms with Gasteiger partial charge in [-0.25, -0.2) is 4.98 Å². The number of hydrogen-bond acceptors (Lipinski definition) is 3. The van der Waals surface area contributed by atoms with Crippen molar-refractivity contribution in [1.82, 2.24) is 14.5 Å². The molecule has 1 amide bonds. The average Bonchev–Trinajstić information content (AvgIpc) is 3.18. The van der Waals surface area contributed by atoms with Crippen LogP contribution in [0.2, 0.25) is 0 Å². The molecule has 0 aliphatic heterocycles. The summed E-state index contributed by atoms with van der Waals surface area (Å²) in [5.41, 5.74) is 10.8. The van der Waals surface area contributed by atoms with Crippen molar-refractivity contribution in [2.75, 3.05) is 13.1 Å². The Bertz CT molecular complexity index is 1180. The van der Waals surface area contributed by atoms with Crippen LogP contribution >= 0.6 is 0 Å². The molecule has 4 rings (SSSR count). The summed E-state index contributed by atoms with van der Waals surface area (Å²) in [5.74, 6) is 0.886. The molecule has 1 unspecified atom stereocenters. The maximum absolute atomic E-state index is 13.5. The van der Waals surface area contributed by atoms with Crippen LogP contribution in [0.1, 0.15) is 46.7 Å². The number of imidazole rings is 1. The monoisotopic (exact) mass is 426 g/mol. The van der Waals surface area contributed by atoms with Gasteiger partial charge in [-0.3, -0.25) is 4.79 Å². The van der Waals surface area contributed by atoms with Crippen molar-refractivity contribution in [3.63, 3.8) is 0 Å². The lowest BCUT2D eigenvalue weighted by molar-refractivity contribution is 0.0679. The van der Waals surface area contributed by atoms with Gasteiger partial charge in [-0.05, 0) is 56.6 Å². The average molecular weight is 427 g/mol. The van der Waals surface area contributed by atoms with Crippen LogP contribution in [0.25, 0.3) is 11.0 Å². The predicted molar refractivity (Wildman–Crippen MR) is 130 cm³/mol. The molecule has 3 aromatic carbocycles. The lowest BCUT2D eigenvalue weighted by atomic mass is 10.1. The van der Waals surface area contributed by atoms with Gasteiger partial charge in [0.15, 0.2) is 0 Å². The summed E-state index contributed by atoms with van der Waals surface area (Å²) in [6, 6.07) is 26.0. The highest BCUT2D eigenvalue weighted by atomic mass is 16.2. The molecule has 32 heavy (non-hydrogen) atoms. The van der Waals surface area contributed by atoms with Gasteiger partial charge in [-0.2, -0.15) is 0 Å². The van der Waals surface area contributed by atoms with Crippen molar-refractivity contribution in [2.45, 2.75) is 32.9 Å². The molecule has 0 bridgehead atoms. The lowest BCUT2D eigenvalue weighted by Gasteiger charge is -2.29. The fourth-order valence-electron chi connectivity index (χ4n) is 4.08. The van der Waals surface area contributed by atoms with E-state index in [2.05, 4.69) is 29.7 Å². The molecule has 5 nitrogen and oxygen atoms in total. The van der Waals surface area contributed by atoms with Gasteiger partial charge in [0.2, 0.25) is 0 Å². The standard InChI is InChI=1S/C27H30N4O/c1-20-13-15-23(16-14-20)27(32)30(18-8-17-28)21(2)26-29-24-11-6-7-12-25(24)31(26)19-22-9-4-3-5-10-22/h3-7,9-16,21H,8,17-19,28H2,1-2H3. The summed E-state index contributed by atoms with van der Waals surface area (Å²) >= 11 is 0. The number of para-hydroxylation sites is 2. The minimum absolute atomic E-state index is 0.00395. The normalized spacial score (nSPS) is 12.1. The molecule has 164 valence electrons. The Kier molecular flexibility index (Phi) is 6.66. The highest BCUT2D eigenvalue weighted by Crippen LogP contribution is 2.27. The van der Waals surface area contributed by atoms with Gasteiger partial charge in [0.05, 0.1) is 17.1 Å². The van der Waals surface area contributed by atoms with Gasteiger partial charge in [0.1, 0.15) is 5.82 Å². The third kappa shape index (κ3) is 4.58. The zero-order chi connectivity index (χ0) is 22.5. The lowest BCUT2D eigenvalue weighted by Crippen LogP contribution is -2.36. The van der Waals surface area contributed by atoms with Gasteiger partial charge in [0.25, 0.3) is 5.91 Å². The topological polar surface area (TPSA) is 64.2 Å². The number of fused-ring (bicyclic) bond motifs is 1. The van der Waals surface area contributed by atoms with Crippen LogP contribution in [0.3, 0.4) is 0 Å². The molecule has 0 spiro atoms. The number of rotatable bonds is 8. The van der Waals surface area contributed by atoms with Crippen LogP contribution in [0.15, 0.2) is 78.9 Å². The first-order chi connectivity index (χ1) is 15.6. The van der Waals surface area contributed by atoms with E-state index in [4.69, 9.17) is 10.7 Å². The molecular weight excluding hydrogens is 396 g/mol. The van der Waals surface area contributed by atoms with Crippen molar-refractivity contribution in [3.05, 3.63) is 101 Å².